The Bertz CT molecular complexity index is 1080. The average Bonchev–Trinajstić information content (AvgIpc) is 2.97. The summed E-state index contributed by atoms with van der Waals surface area (Å²) in [5.74, 6) is -0.998. The Morgan fingerprint density at radius 2 is 1.89 bits per heavy atom. The number of aryl methyl sites for hydroxylation is 1. The molecule has 3 rings (SSSR count). The number of thiazole rings is 1. The minimum absolute atomic E-state index is 0.0560. The van der Waals surface area contributed by atoms with Gasteiger partial charge in [0.2, 0.25) is 0 Å². The predicted molar refractivity (Wildman–Crippen MR) is 101 cm³/mol. The Morgan fingerprint density at radius 1 is 1.22 bits per heavy atom. The zero-order chi connectivity index (χ0) is 19.6. The van der Waals surface area contributed by atoms with Gasteiger partial charge < -0.3 is 4.57 Å². The van der Waals surface area contributed by atoms with E-state index >= 15 is 0 Å². The van der Waals surface area contributed by atoms with Crippen LogP contribution in [0.3, 0.4) is 0 Å². The molecular formula is C19H16FN3O3S. The van der Waals surface area contributed by atoms with Crippen molar-refractivity contribution in [2.75, 3.05) is 0 Å². The third-order valence-electron chi connectivity index (χ3n) is 4.04. The number of nitrogens with zero attached hydrogens (tertiary/aromatic N) is 3. The molecular weight excluding hydrogens is 369 g/mol. The van der Waals surface area contributed by atoms with E-state index < -0.39 is 10.8 Å². The number of hydrogen-bond donors (Lipinski definition) is 0. The number of hydrogen-bond acceptors (Lipinski definition) is 4. The molecule has 0 aliphatic carbocycles. The van der Waals surface area contributed by atoms with E-state index in [1.165, 1.54) is 41.7 Å². The summed E-state index contributed by atoms with van der Waals surface area (Å²) in [7, 11) is 0. The highest BCUT2D eigenvalue weighted by molar-refractivity contribution is 7.09. The van der Waals surface area contributed by atoms with E-state index in [0.717, 1.165) is 16.1 Å². The first-order valence-electron chi connectivity index (χ1n) is 8.21. The van der Waals surface area contributed by atoms with Crippen LogP contribution in [0.5, 0.6) is 0 Å². The highest BCUT2D eigenvalue weighted by atomic mass is 32.1. The molecule has 1 heterocycles. The van der Waals surface area contributed by atoms with Crippen LogP contribution < -0.4 is 4.80 Å². The molecule has 0 bridgehead atoms. The van der Waals surface area contributed by atoms with Crippen LogP contribution in [0.15, 0.2) is 53.5 Å². The molecule has 0 spiro atoms. The Labute approximate surface area is 158 Å². The van der Waals surface area contributed by atoms with Crippen molar-refractivity contribution < 1.29 is 14.1 Å². The summed E-state index contributed by atoms with van der Waals surface area (Å²) >= 11 is 1.31. The second-order valence-corrected chi connectivity index (χ2v) is 6.91. The number of rotatable bonds is 4. The first-order valence-corrected chi connectivity index (χ1v) is 9.02. The number of halogens is 1. The molecule has 6 nitrogen and oxygen atoms in total. The van der Waals surface area contributed by atoms with Gasteiger partial charge in [0.05, 0.1) is 10.6 Å². The lowest BCUT2D eigenvalue weighted by Gasteiger charge is -2.07. The minimum Gasteiger partial charge on any atom is -0.316 e. The topological polar surface area (TPSA) is 77.5 Å². The fourth-order valence-electron chi connectivity index (χ4n) is 2.83. The molecule has 0 fully saturated rings. The van der Waals surface area contributed by atoms with Gasteiger partial charge in [-0.2, -0.15) is 4.99 Å². The Hall–Kier alpha value is -3.13. The van der Waals surface area contributed by atoms with E-state index in [1.807, 2.05) is 18.4 Å². The average molecular weight is 385 g/mol. The summed E-state index contributed by atoms with van der Waals surface area (Å²) in [6, 6.07) is 11.8. The Balaban J connectivity index is 2.13. The van der Waals surface area contributed by atoms with E-state index in [9.17, 15) is 19.3 Å². The van der Waals surface area contributed by atoms with Crippen LogP contribution in [0.4, 0.5) is 10.1 Å². The van der Waals surface area contributed by atoms with Crippen molar-refractivity contribution in [3.63, 3.8) is 0 Å². The first kappa shape index (κ1) is 18.7. The molecule has 8 heteroatoms. The molecule has 0 aliphatic rings. The van der Waals surface area contributed by atoms with E-state index in [-0.39, 0.29) is 17.1 Å². The molecule has 0 unspecified atom stereocenters. The smallest absolute Gasteiger partial charge is 0.286 e. The van der Waals surface area contributed by atoms with Crippen molar-refractivity contribution in [1.82, 2.24) is 4.57 Å². The van der Waals surface area contributed by atoms with Crippen molar-refractivity contribution in [2.24, 2.45) is 4.99 Å². The molecule has 0 radical (unpaired) electrons. The number of benzene rings is 2. The van der Waals surface area contributed by atoms with Crippen molar-refractivity contribution in [1.29, 1.82) is 0 Å². The van der Waals surface area contributed by atoms with Crippen LogP contribution in [-0.4, -0.2) is 15.4 Å². The van der Waals surface area contributed by atoms with Gasteiger partial charge in [0.25, 0.3) is 11.6 Å². The Kier molecular flexibility index (Phi) is 5.27. The maximum Gasteiger partial charge on any atom is 0.286 e. The lowest BCUT2D eigenvalue weighted by molar-refractivity contribution is -0.385. The van der Waals surface area contributed by atoms with Gasteiger partial charge in [-0.05, 0) is 49.7 Å². The van der Waals surface area contributed by atoms with Crippen LogP contribution in [-0.2, 0) is 6.54 Å². The molecule has 1 aromatic heterocycles. The fourth-order valence-corrected chi connectivity index (χ4v) is 3.89. The third-order valence-corrected chi connectivity index (χ3v) is 5.03. The number of carbonyl (C=O) groups excluding carboxylic acids is 1. The van der Waals surface area contributed by atoms with Gasteiger partial charge in [0.1, 0.15) is 11.4 Å². The number of nitro benzene ring substituents is 1. The molecule has 0 atom stereocenters. The second-order valence-electron chi connectivity index (χ2n) is 5.73. The van der Waals surface area contributed by atoms with Crippen LogP contribution in [0.1, 0.15) is 22.2 Å². The van der Waals surface area contributed by atoms with Crippen molar-refractivity contribution in [3.8, 4) is 11.3 Å². The number of para-hydroxylation sites is 1. The van der Waals surface area contributed by atoms with E-state index in [4.69, 9.17) is 0 Å². The summed E-state index contributed by atoms with van der Waals surface area (Å²) in [6.45, 7) is 4.34. The largest absolute Gasteiger partial charge is 0.316 e. The second kappa shape index (κ2) is 7.63. The predicted octanol–water partition coefficient (Wildman–Crippen LogP) is 4.33. The van der Waals surface area contributed by atoms with Gasteiger partial charge >= 0.3 is 0 Å². The zero-order valence-electron chi connectivity index (χ0n) is 14.7. The lowest BCUT2D eigenvalue weighted by atomic mass is 10.1. The first-order chi connectivity index (χ1) is 12.9. The monoisotopic (exact) mass is 385 g/mol. The minimum atomic E-state index is -0.670. The van der Waals surface area contributed by atoms with E-state index in [0.29, 0.717) is 11.3 Å². The Morgan fingerprint density at radius 3 is 2.52 bits per heavy atom. The molecule has 2 aromatic carbocycles. The summed E-state index contributed by atoms with van der Waals surface area (Å²) in [5.41, 5.74) is 1.32. The maximum absolute atomic E-state index is 13.2. The molecule has 0 saturated heterocycles. The normalized spacial score (nSPS) is 11.6. The quantitative estimate of drug-likeness (QED) is 0.495. The van der Waals surface area contributed by atoms with Gasteiger partial charge in [-0.15, -0.1) is 11.3 Å². The number of amides is 1. The van der Waals surface area contributed by atoms with Gasteiger partial charge in [-0.3, -0.25) is 14.9 Å². The van der Waals surface area contributed by atoms with Gasteiger partial charge in [-0.1, -0.05) is 12.1 Å². The molecule has 1 amide bonds. The molecule has 0 saturated carbocycles. The third kappa shape index (κ3) is 3.70. The van der Waals surface area contributed by atoms with Gasteiger partial charge in [0.15, 0.2) is 4.80 Å². The molecule has 0 N–H and O–H groups in total. The van der Waals surface area contributed by atoms with E-state index in [2.05, 4.69) is 4.99 Å². The maximum atomic E-state index is 13.2. The molecule has 27 heavy (non-hydrogen) atoms. The number of aromatic nitrogens is 1. The van der Waals surface area contributed by atoms with Crippen molar-refractivity contribution >= 4 is 22.9 Å². The summed E-state index contributed by atoms with van der Waals surface area (Å²) < 4.78 is 15.1. The fraction of sp³-hybridized carbons (Fsp3) is 0.158. The van der Waals surface area contributed by atoms with Gasteiger partial charge in [-0.25, -0.2) is 4.39 Å². The molecule has 0 aliphatic heterocycles. The summed E-state index contributed by atoms with van der Waals surface area (Å²) in [6.07, 6.45) is 0. The van der Waals surface area contributed by atoms with Crippen LogP contribution in [0.2, 0.25) is 0 Å². The lowest BCUT2D eigenvalue weighted by Crippen LogP contribution is -2.17. The van der Waals surface area contributed by atoms with Crippen LogP contribution >= 0.6 is 11.3 Å². The molecule has 138 valence electrons. The van der Waals surface area contributed by atoms with Crippen LogP contribution in [0, 0.1) is 22.9 Å². The van der Waals surface area contributed by atoms with Gasteiger partial charge in [0, 0.05) is 17.5 Å². The van der Waals surface area contributed by atoms with Crippen LogP contribution in [0.25, 0.3) is 11.3 Å². The number of nitro groups is 1. The SMILES string of the molecule is CCn1c(-c2ccc(F)cc2)c(C)sc1=NC(=O)c1ccccc1[N+](=O)[O-]. The summed E-state index contributed by atoms with van der Waals surface area (Å²) in [5, 5.41) is 11.2. The highest BCUT2D eigenvalue weighted by Crippen LogP contribution is 2.26. The highest BCUT2D eigenvalue weighted by Gasteiger charge is 2.20. The van der Waals surface area contributed by atoms with Crippen molar-refractivity contribution in [3.05, 3.63) is 79.7 Å². The molecule has 3 aromatic rings. The summed E-state index contributed by atoms with van der Waals surface area (Å²) in [4.78, 5) is 28.6. The van der Waals surface area contributed by atoms with E-state index in [1.54, 1.807) is 18.2 Å². The number of carbonyl (C=O) groups is 1. The standard InChI is InChI=1S/C19H16FN3O3S/c1-3-22-17(13-8-10-14(20)11-9-13)12(2)27-19(22)21-18(24)15-6-4-5-7-16(15)23(25)26/h4-11H,3H2,1-2H3. The zero-order valence-corrected chi connectivity index (χ0v) is 15.5. The van der Waals surface area contributed by atoms with Crippen molar-refractivity contribution in [2.45, 2.75) is 20.4 Å².